The third-order valence-electron chi connectivity index (χ3n) is 4.29. The summed E-state index contributed by atoms with van der Waals surface area (Å²) >= 11 is 0. The molecule has 0 bridgehead atoms. The summed E-state index contributed by atoms with van der Waals surface area (Å²) in [6.45, 7) is 7.19. The Balaban J connectivity index is 1.67. The lowest BCUT2D eigenvalue weighted by Crippen LogP contribution is -2.33. The van der Waals surface area contributed by atoms with Crippen molar-refractivity contribution in [2.45, 2.75) is 45.7 Å². The minimum atomic E-state index is -0.283. The van der Waals surface area contributed by atoms with Crippen LogP contribution in [0.3, 0.4) is 0 Å². The number of halogens is 1. The van der Waals surface area contributed by atoms with Crippen molar-refractivity contribution < 1.29 is 9.18 Å². The quantitative estimate of drug-likeness (QED) is 0.906. The molecule has 6 heteroatoms. The smallest absolute Gasteiger partial charge is 0.245 e. The first kappa shape index (κ1) is 17.3. The maximum atomic E-state index is 13.0. The van der Waals surface area contributed by atoms with Gasteiger partial charge in [-0.05, 0) is 31.0 Å². The lowest BCUT2D eigenvalue weighted by Gasteiger charge is -2.18. The largest absolute Gasteiger partial charge is 0.358 e. The molecule has 0 saturated carbocycles. The first-order valence-corrected chi connectivity index (χ1v) is 8.57. The molecule has 1 fully saturated rings. The molecule has 1 amide bonds. The number of aryl methyl sites for hydroxylation is 1. The molecule has 2 heterocycles. The lowest BCUT2D eigenvalue weighted by atomic mass is 10.2. The van der Waals surface area contributed by atoms with Crippen LogP contribution in [0.5, 0.6) is 0 Å². The monoisotopic (exact) mass is 342 g/mol. The van der Waals surface area contributed by atoms with E-state index in [0.29, 0.717) is 18.9 Å². The van der Waals surface area contributed by atoms with Gasteiger partial charge in [0.05, 0.1) is 0 Å². The Bertz CT molecular complexity index is 761. The second-order valence-electron chi connectivity index (χ2n) is 6.78. The average Bonchev–Trinajstić information content (AvgIpc) is 2.89. The number of nitrogens with zero attached hydrogens (tertiary/aromatic N) is 3. The van der Waals surface area contributed by atoms with Gasteiger partial charge in [0.1, 0.15) is 23.5 Å². The van der Waals surface area contributed by atoms with Crippen LogP contribution in [-0.4, -0.2) is 33.4 Å². The van der Waals surface area contributed by atoms with Gasteiger partial charge in [-0.25, -0.2) is 14.4 Å². The number of benzene rings is 1. The molecular formula is C19H23FN4O. The van der Waals surface area contributed by atoms with Gasteiger partial charge < -0.3 is 10.2 Å². The van der Waals surface area contributed by atoms with Crippen molar-refractivity contribution in [1.29, 1.82) is 0 Å². The Labute approximate surface area is 147 Å². The number of aromatic nitrogens is 2. The number of likely N-dealkylation sites (tertiary alicyclic amines) is 1. The number of amides is 1. The summed E-state index contributed by atoms with van der Waals surface area (Å²) in [5.41, 5.74) is 1.81. The van der Waals surface area contributed by atoms with Gasteiger partial charge in [-0.3, -0.25) is 4.79 Å². The third-order valence-corrected chi connectivity index (χ3v) is 4.29. The summed E-state index contributed by atoms with van der Waals surface area (Å²) in [6, 6.07) is 7.85. The molecule has 2 aromatic rings. The molecule has 0 aliphatic carbocycles. The number of carbonyl (C=O) groups excluding carboxylic acids is 1. The van der Waals surface area contributed by atoms with Crippen LogP contribution < -0.4 is 5.32 Å². The molecule has 1 atom stereocenters. The Morgan fingerprint density at radius 1 is 1.28 bits per heavy atom. The second-order valence-corrected chi connectivity index (χ2v) is 6.78. The predicted octanol–water partition coefficient (Wildman–Crippen LogP) is 3.26. The standard InChI is InChI=1S/C19H23FN4O/c1-12(2)18-21-13(3)10-17(23-18)22-16-8-9-24(19(16)25)11-14-4-6-15(20)7-5-14/h4-7,10,12,16H,8-9,11H2,1-3H3,(H,21,22,23). The molecule has 0 spiro atoms. The summed E-state index contributed by atoms with van der Waals surface area (Å²) < 4.78 is 13.0. The van der Waals surface area contributed by atoms with E-state index < -0.39 is 0 Å². The van der Waals surface area contributed by atoms with Crippen molar-refractivity contribution >= 4 is 11.7 Å². The highest BCUT2D eigenvalue weighted by atomic mass is 19.1. The fraction of sp³-hybridized carbons (Fsp3) is 0.421. The number of hydrogen-bond acceptors (Lipinski definition) is 4. The Hall–Kier alpha value is -2.50. The zero-order valence-electron chi connectivity index (χ0n) is 14.8. The average molecular weight is 342 g/mol. The molecule has 1 aliphatic rings. The zero-order chi connectivity index (χ0) is 18.0. The van der Waals surface area contributed by atoms with Crippen molar-refractivity contribution in [3.8, 4) is 0 Å². The first-order valence-electron chi connectivity index (χ1n) is 8.57. The molecular weight excluding hydrogens is 319 g/mol. The van der Waals surface area contributed by atoms with E-state index in [2.05, 4.69) is 15.3 Å². The van der Waals surface area contributed by atoms with E-state index in [9.17, 15) is 9.18 Å². The fourth-order valence-corrected chi connectivity index (χ4v) is 2.94. The zero-order valence-corrected chi connectivity index (χ0v) is 14.8. The summed E-state index contributed by atoms with van der Waals surface area (Å²) in [4.78, 5) is 23.4. The van der Waals surface area contributed by atoms with Crippen LogP contribution in [0, 0.1) is 12.7 Å². The van der Waals surface area contributed by atoms with Gasteiger partial charge in [-0.1, -0.05) is 26.0 Å². The van der Waals surface area contributed by atoms with Crippen molar-refractivity contribution in [3.05, 3.63) is 53.2 Å². The number of hydrogen-bond donors (Lipinski definition) is 1. The summed E-state index contributed by atoms with van der Waals surface area (Å²) in [5.74, 6) is 1.48. The van der Waals surface area contributed by atoms with Gasteiger partial charge in [-0.15, -0.1) is 0 Å². The minimum Gasteiger partial charge on any atom is -0.358 e. The van der Waals surface area contributed by atoms with Crippen LogP contribution in [0.25, 0.3) is 0 Å². The van der Waals surface area contributed by atoms with Crippen LogP contribution >= 0.6 is 0 Å². The number of nitrogens with one attached hydrogen (secondary N) is 1. The molecule has 1 aromatic carbocycles. The van der Waals surface area contributed by atoms with Crippen LogP contribution in [0.15, 0.2) is 30.3 Å². The van der Waals surface area contributed by atoms with E-state index in [0.717, 1.165) is 23.5 Å². The van der Waals surface area contributed by atoms with Gasteiger partial charge in [0.2, 0.25) is 5.91 Å². The molecule has 5 nitrogen and oxygen atoms in total. The van der Waals surface area contributed by atoms with E-state index in [4.69, 9.17) is 0 Å². The van der Waals surface area contributed by atoms with Crippen LogP contribution in [0.2, 0.25) is 0 Å². The number of rotatable bonds is 5. The van der Waals surface area contributed by atoms with E-state index in [-0.39, 0.29) is 23.7 Å². The van der Waals surface area contributed by atoms with Gasteiger partial charge in [-0.2, -0.15) is 0 Å². The predicted molar refractivity (Wildman–Crippen MR) is 94.7 cm³/mol. The normalized spacial score (nSPS) is 17.4. The molecule has 1 saturated heterocycles. The van der Waals surface area contributed by atoms with Crippen LogP contribution in [-0.2, 0) is 11.3 Å². The summed E-state index contributed by atoms with van der Waals surface area (Å²) in [6.07, 6.45) is 0.722. The molecule has 132 valence electrons. The Kier molecular flexibility index (Phi) is 4.97. The number of anilines is 1. The molecule has 1 aromatic heterocycles. The van der Waals surface area contributed by atoms with E-state index in [1.807, 2.05) is 26.8 Å². The Morgan fingerprint density at radius 3 is 2.68 bits per heavy atom. The van der Waals surface area contributed by atoms with Crippen molar-refractivity contribution in [2.24, 2.45) is 0 Å². The van der Waals surface area contributed by atoms with Gasteiger partial charge in [0.25, 0.3) is 0 Å². The second kappa shape index (κ2) is 7.17. The SMILES string of the molecule is Cc1cc(NC2CCN(Cc3ccc(F)cc3)C2=O)nc(C(C)C)n1. The highest BCUT2D eigenvalue weighted by Crippen LogP contribution is 2.20. The Morgan fingerprint density at radius 2 is 2.00 bits per heavy atom. The van der Waals surface area contributed by atoms with Crippen molar-refractivity contribution in [1.82, 2.24) is 14.9 Å². The molecule has 1 N–H and O–H groups in total. The maximum Gasteiger partial charge on any atom is 0.245 e. The van der Waals surface area contributed by atoms with Crippen molar-refractivity contribution in [3.63, 3.8) is 0 Å². The fourth-order valence-electron chi connectivity index (χ4n) is 2.94. The molecule has 1 unspecified atom stereocenters. The maximum absolute atomic E-state index is 13.0. The van der Waals surface area contributed by atoms with E-state index in [1.54, 1.807) is 17.0 Å². The third kappa shape index (κ3) is 4.13. The van der Waals surface area contributed by atoms with Crippen molar-refractivity contribution in [2.75, 3.05) is 11.9 Å². The van der Waals surface area contributed by atoms with Gasteiger partial charge >= 0.3 is 0 Å². The highest BCUT2D eigenvalue weighted by molar-refractivity contribution is 5.86. The highest BCUT2D eigenvalue weighted by Gasteiger charge is 2.31. The first-order chi connectivity index (χ1) is 11.9. The molecule has 25 heavy (non-hydrogen) atoms. The molecule has 1 aliphatic heterocycles. The van der Waals surface area contributed by atoms with Gasteiger partial charge in [0, 0.05) is 30.8 Å². The van der Waals surface area contributed by atoms with E-state index >= 15 is 0 Å². The number of carbonyl (C=O) groups is 1. The molecule has 3 rings (SSSR count). The topological polar surface area (TPSA) is 58.1 Å². The molecule has 0 radical (unpaired) electrons. The van der Waals surface area contributed by atoms with E-state index in [1.165, 1.54) is 12.1 Å². The van der Waals surface area contributed by atoms with Gasteiger partial charge in [0.15, 0.2) is 0 Å². The summed E-state index contributed by atoms with van der Waals surface area (Å²) in [5, 5.41) is 3.25. The minimum absolute atomic E-state index is 0.0479. The lowest BCUT2D eigenvalue weighted by molar-refractivity contribution is -0.128. The summed E-state index contributed by atoms with van der Waals surface area (Å²) in [7, 11) is 0. The van der Waals surface area contributed by atoms with Crippen LogP contribution in [0.1, 0.15) is 43.3 Å². The van der Waals surface area contributed by atoms with Crippen LogP contribution in [0.4, 0.5) is 10.2 Å².